The van der Waals surface area contributed by atoms with E-state index in [1.807, 2.05) is 44.2 Å². The molecule has 10 heteroatoms. The van der Waals surface area contributed by atoms with Crippen molar-refractivity contribution in [2.75, 3.05) is 10.8 Å². The smallest absolute Gasteiger partial charge is 0.264 e. The minimum Gasteiger partial charge on any atom is -0.352 e. The van der Waals surface area contributed by atoms with Crippen molar-refractivity contribution in [2.24, 2.45) is 0 Å². The van der Waals surface area contributed by atoms with Gasteiger partial charge in [0.05, 0.1) is 10.6 Å². The zero-order valence-corrected chi connectivity index (χ0v) is 27.8. The van der Waals surface area contributed by atoms with E-state index in [0.717, 1.165) is 15.4 Å². The summed E-state index contributed by atoms with van der Waals surface area (Å²) in [6, 6.07) is 28.2. The largest absolute Gasteiger partial charge is 0.352 e. The second-order valence-corrected chi connectivity index (χ2v) is 13.7. The van der Waals surface area contributed by atoms with E-state index < -0.39 is 28.5 Å². The van der Waals surface area contributed by atoms with E-state index in [2.05, 4.69) is 5.32 Å². The predicted molar refractivity (Wildman–Crippen MR) is 181 cm³/mol. The van der Waals surface area contributed by atoms with Crippen molar-refractivity contribution >= 4 is 50.7 Å². The maximum atomic E-state index is 14.5. The number of nitrogens with one attached hydrogen (secondary N) is 1. The molecule has 0 radical (unpaired) electrons. The van der Waals surface area contributed by atoms with Gasteiger partial charge in [0, 0.05) is 29.1 Å². The van der Waals surface area contributed by atoms with Crippen molar-refractivity contribution in [3.63, 3.8) is 0 Å². The molecule has 0 aromatic heterocycles. The molecule has 4 aromatic rings. The second-order valence-electron chi connectivity index (χ2n) is 10.9. The summed E-state index contributed by atoms with van der Waals surface area (Å²) >= 11 is 12.5. The van der Waals surface area contributed by atoms with Gasteiger partial charge in [0.1, 0.15) is 12.6 Å². The molecular weight excluding hydrogens is 629 g/mol. The minimum absolute atomic E-state index is 0.0248. The normalized spacial score (nSPS) is 12.6. The number of anilines is 1. The van der Waals surface area contributed by atoms with E-state index in [1.54, 1.807) is 61.5 Å². The number of aryl methyl sites for hydroxylation is 1. The molecule has 0 spiro atoms. The summed E-state index contributed by atoms with van der Waals surface area (Å²) in [5.74, 6) is -0.879. The maximum Gasteiger partial charge on any atom is 0.264 e. The number of benzene rings is 4. The monoisotopic (exact) mass is 665 g/mol. The summed E-state index contributed by atoms with van der Waals surface area (Å²) in [6.07, 6.45) is 0.927. The van der Waals surface area contributed by atoms with Gasteiger partial charge in [-0.1, -0.05) is 96.9 Å². The molecule has 45 heavy (non-hydrogen) atoms. The highest BCUT2D eigenvalue weighted by Gasteiger charge is 2.35. The number of amides is 2. The lowest BCUT2D eigenvalue weighted by molar-refractivity contribution is -0.140. The van der Waals surface area contributed by atoms with Crippen molar-refractivity contribution in [1.29, 1.82) is 0 Å². The van der Waals surface area contributed by atoms with Gasteiger partial charge >= 0.3 is 0 Å². The average Bonchev–Trinajstić information content (AvgIpc) is 3.04. The van der Waals surface area contributed by atoms with Gasteiger partial charge in [0.2, 0.25) is 11.8 Å². The average molecular weight is 667 g/mol. The van der Waals surface area contributed by atoms with Crippen LogP contribution in [0.25, 0.3) is 0 Å². The summed E-state index contributed by atoms with van der Waals surface area (Å²) in [4.78, 5) is 29.9. The van der Waals surface area contributed by atoms with Crippen LogP contribution in [0.15, 0.2) is 108 Å². The lowest BCUT2D eigenvalue weighted by Gasteiger charge is -2.34. The van der Waals surface area contributed by atoms with Crippen LogP contribution in [-0.2, 0) is 32.6 Å². The molecule has 2 atom stereocenters. The number of sulfonamides is 1. The van der Waals surface area contributed by atoms with Gasteiger partial charge in [0.25, 0.3) is 10.0 Å². The highest BCUT2D eigenvalue weighted by Crippen LogP contribution is 2.30. The Morgan fingerprint density at radius 3 is 2.04 bits per heavy atom. The Morgan fingerprint density at radius 1 is 0.822 bits per heavy atom. The molecule has 0 aliphatic rings. The first-order chi connectivity index (χ1) is 21.5. The number of hydrogen-bond acceptors (Lipinski definition) is 4. The molecule has 7 nitrogen and oxygen atoms in total. The number of rotatable bonds is 13. The molecule has 0 heterocycles. The molecule has 0 aliphatic carbocycles. The van der Waals surface area contributed by atoms with Crippen LogP contribution in [-0.4, -0.2) is 43.8 Å². The van der Waals surface area contributed by atoms with E-state index in [9.17, 15) is 18.0 Å². The SMILES string of the molecule is CC[C@H](C)NC(=O)[C@H](Cc1ccccc1)N(Cc1ccc(Cl)cc1)C(=O)CN(c1cc(Cl)ccc1C)S(=O)(=O)c1ccccc1. The van der Waals surface area contributed by atoms with E-state index in [-0.39, 0.29) is 35.5 Å². The van der Waals surface area contributed by atoms with E-state index >= 15 is 0 Å². The van der Waals surface area contributed by atoms with Crippen molar-refractivity contribution < 1.29 is 18.0 Å². The van der Waals surface area contributed by atoms with Crippen LogP contribution in [0, 0.1) is 6.92 Å². The zero-order chi connectivity index (χ0) is 32.6. The zero-order valence-electron chi connectivity index (χ0n) is 25.5. The third kappa shape index (κ3) is 8.87. The maximum absolute atomic E-state index is 14.5. The molecule has 4 rings (SSSR count). The van der Waals surface area contributed by atoms with Crippen molar-refractivity contribution in [1.82, 2.24) is 10.2 Å². The van der Waals surface area contributed by atoms with E-state index in [4.69, 9.17) is 23.2 Å². The van der Waals surface area contributed by atoms with Crippen LogP contribution < -0.4 is 9.62 Å². The van der Waals surface area contributed by atoms with Gasteiger partial charge in [-0.05, 0) is 73.4 Å². The Labute approximate surface area is 275 Å². The standard InChI is InChI=1S/C35H37Cl2N3O4S/c1-4-26(3)38-35(42)33(21-27-11-7-5-8-12-27)39(23-28-16-19-29(36)20-17-28)34(41)24-40(32-22-30(37)18-15-25(32)2)45(43,44)31-13-9-6-10-14-31/h5-20,22,26,33H,4,21,23-24H2,1-3H3,(H,38,42)/t26-,33-/m0/s1. The first kappa shape index (κ1) is 34.0. The molecule has 0 saturated heterocycles. The predicted octanol–water partition coefficient (Wildman–Crippen LogP) is 7.05. The number of halogens is 2. The summed E-state index contributed by atoms with van der Waals surface area (Å²) in [5.41, 5.74) is 2.48. The van der Waals surface area contributed by atoms with Crippen LogP contribution in [0.4, 0.5) is 5.69 Å². The molecule has 0 saturated carbocycles. The molecule has 2 amide bonds. The molecule has 4 aromatic carbocycles. The van der Waals surface area contributed by atoms with Crippen LogP contribution in [0.5, 0.6) is 0 Å². The van der Waals surface area contributed by atoms with Gasteiger partial charge in [-0.2, -0.15) is 0 Å². The lowest BCUT2D eigenvalue weighted by Crippen LogP contribution is -2.54. The fourth-order valence-electron chi connectivity index (χ4n) is 4.87. The molecule has 0 unspecified atom stereocenters. The number of carbonyl (C=O) groups is 2. The Balaban J connectivity index is 1.83. The molecule has 0 aliphatic heterocycles. The Hall–Kier alpha value is -3.85. The summed E-state index contributed by atoms with van der Waals surface area (Å²) in [5, 5.41) is 3.89. The molecule has 0 fully saturated rings. The van der Waals surface area contributed by atoms with Crippen LogP contribution in [0.2, 0.25) is 10.0 Å². The molecule has 236 valence electrons. The lowest BCUT2D eigenvalue weighted by atomic mass is 10.0. The highest BCUT2D eigenvalue weighted by molar-refractivity contribution is 7.92. The number of hydrogen-bond donors (Lipinski definition) is 1. The van der Waals surface area contributed by atoms with Crippen molar-refractivity contribution in [3.05, 3.63) is 130 Å². The molecule has 1 N–H and O–H groups in total. The van der Waals surface area contributed by atoms with Crippen molar-refractivity contribution in [3.8, 4) is 0 Å². The fourth-order valence-corrected chi connectivity index (χ4v) is 6.65. The number of nitrogens with zero attached hydrogens (tertiary/aromatic N) is 2. The Bertz CT molecular complexity index is 1700. The highest BCUT2D eigenvalue weighted by atomic mass is 35.5. The fraction of sp³-hybridized carbons (Fsp3) is 0.257. The quantitative estimate of drug-likeness (QED) is 0.166. The van der Waals surface area contributed by atoms with Gasteiger partial charge in [-0.15, -0.1) is 0 Å². The number of carbonyl (C=O) groups excluding carboxylic acids is 2. The van der Waals surface area contributed by atoms with Gasteiger partial charge < -0.3 is 10.2 Å². The minimum atomic E-state index is -4.22. The first-order valence-corrected chi connectivity index (χ1v) is 16.9. The van der Waals surface area contributed by atoms with E-state index in [1.165, 1.54) is 23.1 Å². The van der Waals surface area contributed by atoms with Gasteiger partial charge in [-0.25, -0.2) is 8.42 Å². The first-order valence-electron chi connectivity index (χ1n) is 14.7. The third-order valence-electron chi connectivity index (χ3n) is 7.59. The molecular formula is C35H37Cl2N3O4S. The van der Waals surface area contributed by atoms with Crippen LogP contribution in [0.1, 0.15) is 37.0 Å². The van der Waals surface area contributed by atoms with Gasteiger partial charge in [-0.3, -0.25) is 13.9 Å². The Kier molecular flexibility index (Phi) is 11.7. The second kappa shape index (κ2) is 15.4. The van der Waals surface area contributed by atoms with Gasteiger partial charge in [0.15, 0.2) is 0 Å². The summed E-state index contributed by atoms with van der Waals surface area (Å²) in [7, 11) is -4.22. The molecule has 0 bridgehead atoms. The third-order valence-corrected chi connectivity index (χ3v) is 9.85. The van der Waals surface area contributed by atoms with Crippen molar-refractivity contribution in [2.45, 2.75) is 57.1 Å². The van der Waals surface area contributed by atoms with E-state index in [0.29, 0.717) is 22.0 Å². The summed E-state index contributed by atoms with van der Waals surface area (Å²) in [6.45, 7) is 5.11. The summed E-state index contributed by atoms with van der Waals surface area (Å²) < 4.78 is 29.4. The Morgan fingerprint density at radius 2 is 1.42 bits per heavy atom. The topological polar surface area (TPSA) is 86.8 Å². The van der Waals surface area contributed by atoms with Crippen LogP contribution >= 0.6 is 23.2 Å². The van der Waals surface area contributed by atoms with Crippen LogP contribution in [0.3, 0.4) is 0 Å².